The molecule has 0 heteroatoms. The minimum Gasteiger partial charge on any atom is -0.0986 e. The minimum absolute atomic E-state index is 0.399. The molecule has 0 aromatic rings. The van der Waals surface area contributed by atoms with Gasteiger partial charge in [-0.15, -0.1) is 0 Å². The van der Waals surface area contributed by atoms with Crippen molar-refractivity contribution in [3.8, 4) is 0 Å². The average molecular weight is 287 g/mol. The molecule has 2 rings (SSSR count). The highest BCUT2D eigenvalue weighted by Gasteiger charge is 2.41. The van der Waals surface area contributed by atoms with Crippen LogP contribution in [-0.2, 0) is 0 Å². The van der Waals surface area contributed by atoms with Crippen LogP contribution in [-0.4, -0.2) is 0 Å². The number of hydrogen-bond donors (Lipinski definition) is 0. The van der Waals surface area contributed by atoms with Gasteiger partial charge in [-0.2, -0.15) is 0 Å². The largest absolute Gasteiger partial charge is 0.0986 e. The zero-order valence-corrected chi connectivity index (χ0v) is 14.6. The van der Waals surface area contributed by atoms with E-state index in [1.165, 1.54) is 48.8 Å². The second-order valence-electron chi connectivity index (χ2n) is 8.19. The fraction of sp³-hybridized carbons (Fsp3) is 0.714. The van der Waals surface area contributed by atoms with Gasteiger partial charge in [0.15, 0.2) is 0 Å². The maximum Gasteiger partial charge on any atom is 0.0217 e. The third-order valence-electron chi connectivity index (χ3n) is 5.93. The molecular formula is C21H34. The molecule has 0 nitrogen and oxygen atoms in total. The Balaban J connectivity index is 2.15. The van der Waals surface area contributed by atoms with Crippen molar-refractivity contribution in [3.63, 3.8) is 0 Å². The summed E-state index contributed by atoms with van der Waals surface area (Å²) < 4.78 is 0. The first-order valence-corrected chi connectivity index (χ1v) is 8.88. The van der Waals surface area contributed by atoms with E-state index in [0.29, 0.717) is 17.8 Å². The average Bonchev–Trinajstić information content (AvgIpc) is 2.83. The summed E-state index contributed by atoms with van der Waals surface area (Å²) in [6, 6.07) is 0. The number of hydrogen-bond acceptors (Lipinski definition) is 0. The highest BCUT2D eigenvalue weighted by Crippen LogP contribution is 2.53. The van der Waals surface area contributed by atoms with E-state index in [2.05, 4.69) is 47.4 Å². The predicted molar refractivity (Wildman–Crippen MR) is 94.1 cm³/mol. The maximum absolute atomic E-state index is 4.55. The standard InChI is InChI=1S/C21H34/c1-13(2)8-11-20(14(3)4)17(7)21-15(5)18-9-10-19(12-18)16(21)6/h13-14,18-21H,5-12H2,1-4H3. The van der Waals surface area contributed by atoms with Crippen LogP contribution in [0.1, 0.15) is 59.8 Å². The van der Waals surface area contributed by atoms with Gasteiger partial charge in [0.25, 0.3) is 0 Å². The van der Waals surface area contributed by atoms with Gasteiger partial charge < -0.3 is 0 Å². The van der Waals surface area contributed by atoms with Gasteiger partial charge in [-0.3, -0.25) is 0 Å². The fourth-order valence-electron chi connectivity index (χ4n) is 4.51. The smallest absolute Gasteiger partial charge is 0.0217 e. The predicted octanol–water partition coefficient (Wildman–Crippen LogP) is 6.41. The van der Waals surface area contributed by atoms with Gasteiger partial charge in [-0.1, -0.05) is 70.6 Å². The topological polar surface area (TPSA) is 0 Å². The molecule has 2 saturated carbocycles. The molecule has 3 atom stereocenters. The van der Waals surface area contributed by atoms with E-state index in [9.17, 15) is 0 Å². The summed E-state index contributed by atoms with van der Waals surface area (Å²) in [5.74, 6) is 3.92. The Morgan fingerprint density at radius 1 is 1.00 bits per heavy atom. The summed E-state index contributed by atoms with van der Waals surface area (Å²) in [6.07, 6.45) is 6.51. The van der Waals surface area contributed by atoms with E-state index in [-0.39, 0.29) is 0 Å². The molecule has 0 N–H and O–H groups in total. The molecule has 0 aliphatic heterocycles. The van der Waals surface area contributed by atoms with Crippen molar-refractivity contribution in [2.24, 2.45) is 35.5 Å². The van der Waals surface area contributed by atoms with Gasteiger partial charge in [-0.25, -0.2) is 0 Å². The van der Waals surface area contributed by atoms with Crippen molar-refractivity contribution < 1.29 is 0 Å². The Morgan fingerprint density at radius 2 is 1.52 bits per heavy atom. The summed E-state index contributed by atoms with van der Waals surface area (Å²) in [5, 5.41) is 0. The molecule has 0 aromatic carbocycles. The summed E-state index contributed by atoms with van der Waals surface area (Å²) in [6.45, 7) is 22.8. The van der Waals surface area contributed by atoms with Crippen molar-refractivity contribution in [1.82, 2.24) is 0 Å². The molecule has 118 valence electrons. The van der Waals surface area contributed by atoms with Crippen LogP contribution in [0.15, 0.2) is 36.5 Å². The number of allylic oxidation sites excluding steroid dienone is 3. The second-order valence-corrected chi connectivity index (χ2v) is 8.19. The fourth-order valence-corrected chi connectivity index (χ4v) is 4.51. The van der Waals surface area contributed by atoms with Gasteiger partial charge in [-0.05, 0) is 55.3 Å². The van der Waals surface area contributed by atoms with Crippen molar-refractivity contribution >= 4 is 0 Å². The molecule has 0 amide bonds. The van der Waals surface area contributed by atoms with Crippen LogP contribution in [0.25, 0.3) is 0 Å². The van der Waals surface area contributed by atoms with E-state index in [1.54, 1.807) is 0 Å². The molecule has 2 aliphatic rings. The highest BCUT2D eigenvalue weighted by atomic mass is 14.5. The third kappa shape index (κ3) is 3.35. The van der Waals surface area contributed by atoms with Crippen molar-refractivity contribution in [3.05, 3.63) is 36.5 Å². The quantitative estimate of drug-likeness (QED) is 0.495. The molecule has 0 saturated heterocycles. The van der Waals surface area contributed by atoms with Gasteiger partial charge in [0.05, 0.1) is 0 Å². The molecule has 21 heavy (non-hydrogen) atoms. The Morgan fingerprint density at radius 3 is 1.95 bits per heavy atom. The van der Waals surface area contributed by atoms with Gasteiger partial charge in [0.1, 0.15) is 0 Å². The molecule has 0 spiro atoms. The van der Waals surface area contributed by atoms with E-state index < -0.39 is 0 Å². The lowest BCUT2D eigenvalue weighted by Crippen LogP contribution is -2.27. The Hall–Kier alpha value is -0.780. The minimum atomic E-state index is 0.399. The first kappa shape index (κ1) is 16.6. The van der Waals surface area contributed by atoms with Crippen LogP contribution in [0, 0.1) is 35.5 Å². The third-order valence-corrected chi connectivity index (χ3v) is 5.93. The zero-order valence-electron chi connectivity index (χ0n) is 14.6. The monoisotopic (exact) mass is 286 g/mol. The maximum atomic E-state index is 4.55. The molecule has 2 fully saturated rings. The van der Waals surface area contributed by atoms with Crippen LogP contribution in [0.3, 0.4) is 0 Å². The normalized spacial score (nSPS) is 30.3. The molecule has 0 aromatic heterocycles. The molecular weight excluding hydrogens is 252 g/mol. The van der Waals surface area contributed by atoms with E-state index >= 15 is 0 Å². The summed E-state index contributed by atoms with van der Waals surface area (Å²) >= 11 is 0. The first-order valence-electron chi connectivity index (χ1n) is 8.88. The first-order chi connectivity index (χ1) is 9.82. The summed E-state index contributed by atoms with van der Waals surface area (Å²) in [4.78, 5) is 0. The van der Waals surface area contributed by atoms with Crippen LogP contribution in [0.4, 0.5) is 0 Å². The Bertz CT molecular complexity index is 401. The lowest BCUT2D eigenvalue weighted by atomic mass is 9.66. The van der Waals surface area contributed by atoms with Crippen molar-refractivity contribution in [2.45, 2.75) is 59.8 Å². The molecule has 2 aliphatic carbocycles. The lowest BCUT2D eigenvalue weighted by molar-refractivity contribution is 0.348. The zero-order chi connectivity index (χ0) is 15.7. The lowest BCUT2D eigenvalue weighted by Gasteiger charge is -2.38. The Labute approximate surface area is 132 Å². The van der Waals surface area contributed by atoms with Crippen LogP contribution in [0.2, 0.25) is 0 Å². The summed E-state index contributed by atoms with van der Waals surface area (Å²) in [7, 11) is 0. The molecule has 0 radical (unpaired) electrons. The Kier molecular flexibility index (Phi) is 5.17. The molecule has 3 unspecified atom stereocenters. The van der Waals surface area contributed by atoms with Gasteiger partial charge in [0.2, 0.25) is 0 Å². The van der Waals surface area contributed by atoms with Gasteiger partial charge in [0, 0.05) is 5.92 Å². The number of fused-ring (bicyclic) bond motifs is 2. The SMILES string of the molecule is C=C1C2CCC(C2)C(=C)C1C(=C)C(CCC(C)C)C(C)C. The highest BCUT2D eigenvalue weighted by molar-refractivity contribution is 5.37. The molecule has 0 heterocycles. The van der Waals surface area contributed by atoms with E-state index in [4.69, 9.17) is 0 Å². The van der Waals surface area contributed by atoms with Gasteiger partial charge >= 0.3 is 0 Å². The van der Waals surface area contributed by atoms with Crippen LogP contribution in [0.5, 0.6) is 0 Å². The van der Waals surface area contributed by atoms with E-state index in [0.717, 1.165) is 17.8 Å². The van der Waals surface area contributed by atoms with Crippen LogP contribution < -0.4 is 0 Å². The van der Waals surface area contributed by atoms with E-state index in [1.807, 2.05) is 0 Å². The van der Waals surface area contributed by atoms with Crippen molar-refractivity contribution in [2.75, 3.05) is 0 Å². The number of rotatable bonds is 6. The second kappa shape index (κ2) is 6.55. The van der Waals surface area contributed by atoms with Crippen LogP contribution >= 0.6 is 0 Å². The van der Waals surface area contributed by atoms with Crippen molar-refractivity contribution in [1.29, 1.82) is 0 Å². The summed E-state index contributed by atoms with van der Waals surface area (Å²) in [5.41, 5.74) is 4.26. The molecule has 2 bridgehead atoms.